The molecule has 0 saturated carbocycles. The lowest BCUT2D eigenvalue weighted by atomic mass is 10.1. The van der Waals surface area contributed by atoms with Crippen molar-refractivity contribution < 1.29 is 19.1 Å². The molecule has 0 saturated heterocycles. The molecule has 0 aliphatic heterocycles. The van der Waals surface area contributed by atoms with Gasteiger partial charge >= 0.3 is 17.8 Å². The lowest BCUT2D eigenvalue weighted by Crippen LogP contribution is -2.32. The Balaban J connectivity index is 1.52. The van der Waals surface area contributed by atoms with Gasteiger partial charge < -0.3 is 10.1 Å². The molecule has 162 valence electrons. The van der Waals surface area contributed by atoms with Crippen LogP contribution in [-0.2, 0) is 9.59 Å². The predicted octanol–water partition coefficient (Wildman–Crippen LogP) is 4.26. The van der Waals surface area contributed by atoms with Crippen molar-refractivity contribution >= 4 is 41.3 Å². The number of nitrogens with zero attached hydrogens (tertiary/aromatic N) is 1. The van der Waals surface area contributed by atoms with Crippen LogP contribution in [0.4, 0.5) is 5.69 Å². The smallest absolute Gasteiger partial charge is 0.343 e. The Morgan fingerprint density at radius 3 is 2.28 bits per heavy atom. The minimum Gasteiger partial charge on any atom is -0.423 e. The molecule has 3 aromatic rings. The highest BCUT2D eigenvalue weighted by Crippen LogP contribution is 2.22. The highest BCUT2D eigenvalue weighted by Gasteiger charge is 2.14. The van der Waals surface area contributed by atoms with Crippen molar-refractivity contribution in [1.82, 2.24) is 5.43 Å². The summed E-state index contributed by atoms with van der Waals surface area (Å²) in [5.74, 6) is -1.89. The standard InChI is InChI=1S/C24H20ClN3O4/c1-15-6-10-18(11-7-15)24(31)32-19-12-8-17(9-13-19)14-26-28-23(30)22(29)27-21-5-3-4-20(25)16(21)2/h3-14H,1-2H3,(H,27,29)(H,28,30). The monoisotopic (exact) mass is 449 g/mol. The molecule has 3 rings (SSSR count). The van der Waals surface area contributed by atoms with Crippen molar-refractivity contribution in [2.75, 3.05) is 5.32 Å². The maximum Gasteiger partial charge on any atom is 0.343 e. The summed E-state index contributed by atoms with van der Waals surface area (Å²) < 4.78 is 5.33. The number of rotatable bonds is 5. The molecule has 0 aromatic heterocycles. The average molecular weight is 450 g/mol. The third-order valence-corrected chi connectivity index (χ3v) is 4.89. The van der Waals surface area contributed by atoms with Crippen LogP contribution < -0.4 is 15.5 Å². The molecule has 0 atom stereocenters. The summed E-state index contributed by atoms with van der Waals surface area (Å²) in [6, 6.07) is 18.6. The molecule has 0 spiro atoms. The minimum atomic E-state index is -0.927. The van der Waals surface area contributed by atoms with E-state index in [1.807, 2.05) is 19.1 Å². The first-order valence-electron chi connectivity index (χ1n) is 9.62. The van der Waals surface area contributed by atoms with E-state index in [0.717, 1.165) is 5.56 Å². The molecule has 2 amide bonds. The number of anilines is 1. The second kappa shape index (κ2) is 10.4. The Bertz CT molecular complexity index is 1170. The van der Waals surface area contributed by atoms with Gasteiger partial charge in [-0.15, -0.1) is 0 Å². The van der Waals surface area contributed by atoms with Gasteiger partial charge in [-0.1, -0.05) is 35.4 Å². The van der Waals surface area contributed by atoms with E-state index in [1.54, 1.807) is 61.5 Å². The van der Waals surface area contributed by atoms with Crippen LogP contribution in [0.2, 0.25) is 5.02 Å². The minimum absolute atomic E-state index is 0.369. The van der Waals surface area contributed by atoms with Crippen molar-refractivity contribution in [2.45, 2.75) is 13.8 Å². The predicted molar refractivity (Wildman–Crippen MR) is 123 cm³/mol. The summed E-state index contributed by atoms with van der Waals surface area (Å²) in [5.41, 5.74) is 5.39. The first kappa shape index (κ1) is 22.7. The molecule has 3 aromatic carbocycles. The molecule has 8 heteroatoms. The lowest BCUT2D eigenvalue weighted by molar-refractivity contribution is -0.136. The SMILES string of the molecule is Cc1ccc(C(=O)Oc2ccc(C=NNC(=O)C(=O)Nc3cccc(Cl)c3C)cc2)cc1. The summed E-state index contributed by atoms with van der Waals surface area (Å²) in [7, 11) is 0. The number of halogens is 1. The van der Waals surface area contributed by atoms with E-state index in [0.29, 0.717) is 33.1 Å². The van der Waals surface area contributed by atoms with Gasteiger partial charge in [-0.2, -0.15) is 5.10 Å². The van der Waals surface area contributed by atoms with Gasteiger partial charge in [-0.05, 0) is 73.5 Å². The highest BCUT2D eigenvalue weighted by atomic mass is 35.5. The molecule has 0 bridgehead atoms. The van der Waals surface area contributed by atoms with E-state index >= 15 is 0 Å². The molecule has 32 heavy (non-hydrogen) atoms. The number of nitrogens with one attached hydrogen (secondary N) is 2. The second-order valence-electron chi connectivity index (χ2n) is 6.89. The molecule has 0 aliphatic rings. The molecule has 0 radical (unpaired) electrons. The lowest BCUT2D eigenvalue weighted by Gasteiger charge is -2.08. The topological polar surface area (TPSA) is 96.9 Å². The van der Waals surface area contributed by atoms with Gasteiger partial charge in [-0.25, -0.2) is 10.2 Å². The average Bonchev–Trinajstić information content (AvgIpc) is 2.78. The van der Waals surface area contributed by atoms with Crippen molar-refractivity contribution in [3.8, 4) is 5.75 Å². The quantitative estimate of drug-likeness (QED) is 0.200. The van der Waals surface area contributed by atoms with Crippen LogP contribution in [-0.4, -0.2) is 24.0 Å². The van der Waals surface area contributed by atoms with Crippen molar-refractivity contribution in [3.63, 3.8) is 0 Å². The van der Waals surface area contributed by atoms with E-state index in [4.69, 9.17) is 16.3 Å². The number of amides is 2. The van der Waals surface area contributed by atoms with Crippen molar-refractivity contribution in [2.24, 2.45) is 5.10 Å². The zero-order chi connectivity index (χ0) is 23.1. The fraction of sp³-hybridized carbons (Fsp3) is 0.0833. The number of hydrogen-bond acceptors (Lipinski definition) is 5. The normalized spacial score (nSPS) is 10.6. The number of benzene rings is 3. The van der Waals surface area contributed by atoms with Gasteiger partial charge in [0, 0.05) is 10.7 Å². The number of esters is 1. The third kappa shape index (κ3) is 6.02. The summed E-state index contributed by atoms with van der Waals surface area (Å²) in [6.45, 7) is 3.67. The number of hydrazone groups is 1. The van der Waals surface area contributed by atoms with E-state index in [9.17, 15) is 14.4 Å². The fourth-order valence-electron chi connectivity index (χ4n) is 2.62. The zero-order valence-corrected chi connectivity index (χ0v) is 18.1. The number of carbonyl (C=O) groups is 3. The highest BCUT2D eigenvalue weighted by molar-refractivity contribution is 6.40. The van der Waals surface area contributed by atoms with E-state index < -0.39 is 17.8 Å². The number of hydrogen-bond donors (Lipinski definition) is 2. The van der Waals surface area contributed by atoms with Crippen LogP contribution in [0.25, 0.3) is 0 Å². The Labute approximate surface area is 190 Å². The Kier molecular flexibility index (Phi) is 7.36. The third-order valence-electron chi connectivity index (χ3n) is 4.48. The van der Waals surface area contributed by atoms with Gasteiger partial charge in [0.15, 0.2) is 0 Å². The van der Waals surface area contributed by atoms with Crippen LogP contribution in [0.1, 0.15) is 27.0 Å². The van der Waals surface area contributed by atoms with Gasteiger partial charge in [-0.3, -0.25) is 9.59 Å². The van der Waals surface area contributed by atoms with Crippen LogP contribution in [0.15, 0.2) is 71.8 Å². The van der Waals surface area contributed by atoms with Gasteiger partial charge in [0.25, 0.3) is 0 Å². The van der Waals surface area contributed by atoms with E-state index in [-0.39, 0.29) is 0 Å². The summed E-state index contributed by atoms with van der Waals surface area (Å²) in [4.78, 5) is 36.1. The van der Waals surface area contributed by atoms with E-state index in [1.165, 1.54) is 6.21 Å². The molecule has 0 fully saturated rings. The molecule has 0 aliphatic carbocycles. The maximum atomic E-state index is 12.2. The Morgan fingerprint density at radius 1 is 0.906 bits per heavy atom. The van der Waals surface area contributed by atoms with Crippen LogP contribution in [0.3, 0.4) is 0 Å². The van der Waals surface area contributed by atoms with Gasteiger partial charge in [0.1, 0.15) is 5.75 Å². The number of ether oxygens (including phenoxy) is 1. The first-order valence-corrected chi connectivity index (χ1v) is 9.99. The molecule has 2 N–H and O–H groups in total. The van der Waals surface area contributed by atoms with E-state index in [2.05, 4.69) is 15.8 Å². The number of aryl methyl sites for hydroxylation is 1. The van der Waals surface area contributed by atoms with Crippen LogP contribution in [0, 0.1) is 13.8 Å². The van der Waals surface area contributed by atoms with Gasteiger partial charge in [0.05, 0.1) is 11.8 Å². The summed E-state index contributed by atoms with van der Waals surface area (Å²) in [5, 5.41) is 6.74. The molecular weight excluding hydrogens is 430 g/mol. The van der Waals surface area contributed by atoms with Crippen LogP contribution >= 0.6 is 11.6 Å². The van der Waals surface area contributed by atoms with Gasteiger partial charge in [0.2, 0.25) is 0 Å². The van der Waals surface area contributed by atoms with Crippen LogP contribution in [0.5, 0.6) is 5.75 Å². The Hall–Kier alpha value is -3.97. The zero-order valence-electron chi connectivity index (χ0n) is 17.4. The largest absolute Gasteiger partial charge is 0.423 e. The fourth-order valence-corrected chi connectivity index (χ4v) is 2.79. The molecule has 7 nitrogen and oxygen atoms in total. The number of carbonyl (C=O) groups excluding carboxylic acids is 3. The Morgan fingerprint density at radius 2 is 1.59 bits per heavy atom. The molecule has 0 heterocycles. The maximum absolute atomic E-state index is 12.2. The second-order valence-corrected chi connectivity index (χ2v) is 7.30. The molecular formula is C24H20ClN3O4. The van der Waals surface area contributed by atoms with Crippen molar-refractivity contribution in [1.29, 1.82) is 0 Å². The first-order chi connectivity index (χ1) is 15.3. The van der Waals surface area contributed by atoms with Crippen molar-refractivity contribution in [3.05, 3.63) is 94.0 Å². The summed E-state index contributed by atoms with van der Waals surface area (Å²) in [6.07, 6.45) is 1.36. The summed E-state index contributed by atoms with van der Waals surface area (Å²) >= 11 is 6.00. The molecule has 0 unspecified atom stereocenters.